The first-order chi connectivity index (χ1) is 7.47. The van der Waals surface area contributed by atoms with Gasteiger partial charge >= 0.3 is 5.97 Å². The Morgan fingerprint density at radius 3 is 2.75 bits per heavy atom. The number of esters is 1. The summed E-state index contributed by atoms with van der Waals surface area (Å²) in [5.41, 5.74) is -0.940. The lowest BCUT2D eigenvalue weighted by molar-refractivity contribution is -0.139. The number of halogens is 4. The van der Waals surface area contributed by atoms with E-state index in [0.717, 1.165) is 13.3 Å². The number of ether oxygens (including phenoxy) is 1. The van der Waals surface area contributed by atoms with Crippen molar-refractivity contribution >= 4 is 28.6 Å². The van der Waals surface area contributed by atoms with Gasteiger partial charge in [-0.2, -0.15) is 0 Å². The maximum atomic E-state index is 13.4. The normalized spacial score (nSPS) is 10.6. The molecule has 1 aromatic heterocycles. The molecule has 3 nitrogen and oxygen atoms in total. The van der Waals surface area contributed by atoms with Crippen LogP contribution in [0.1, 0.15) is 17.6 Å². The number of carbonyl (C=O) groups excluding carboxylic acids is 1. The molecule has 0 spiro atoms. The summed E-state index contributed by atoms with van der Waals surface area (Å²) >= 11 is 1.51. The molecule has 0 aromatic carbocycles. The van der Waals surface area contributed by atoms with Gasteiger partial charge in [-0.05, 0) is 28.2 Å². The van der Waals surface area contributed by atoms with Crippen molar-refractivity contribution in [2.24, 2.45) is 0 Å². The summed E-state index contributed by atoms with van der Waals surface area (Å²) in [6.45, 7) is 0. The number of pyridine rings is 1. The molecular formula is C9H7F3INO2. The molecule has 0 fully saturated rings. The van der Waals surface area contributed by atoms with Crippen LogP contribution in [0.2, 0.25) is 0 Å². The lowest BCUT2D eigenvalue weighted by atomic mass is 10.1. The third kappa shape index (κ3) is 2.83. The fourth-order valence-electron chi connectivity index (χ4n) is 1.12. The largest absolute Gasteiger partial charge is 0.469 e. The van der Waals surface area contributed by atoms with Gasteiger partial charge in [-0.25, -0.2) is 18.2 Å². The zero-order chi connectivity index (χ0) is 12.3. The Morgan fingerprint density at radius 2 is 2.25 bits per heavy atom. The van der Waals surface area contributed by atoms with Crippen molar-refractivity contribution in [2.75, 3.05) is 7.11 Å². The maximum absolute atomic E-state index is 13.4. The van der Waals surface area contributed by atoms with E-state index >= 15 is 0 Å². The molecule has 1 rings (SSSR count). The van der Waals surface area contributed by atoms with Gasteiger partial charge in [0, 0.05) is 6.20 Å². The molecular weight excluding hydrogens is 338 g/mol. The molecule has 0 unspecified atom stereocenters. The van der Waals surface area contributed by atoms with Crippen LogP contribution in [-0.2, 0) is 16.0 Å². The molecule has 0 bridgehead atoms. The quantitative estimate of drug-likeness (QED) is 0.480. The van der Waals surface area contributed by atoms with Gasteiger partial charge in [0.15, 0.2) is 5.82 Å². The van der Waals surface area contributed by atoms with Gasteiger partial charge in [0.2, 0.25) is 0 Å². The molecule has 0 atom stereocenters. The fraction of sp³-hybridized carbons (Fsp3) is 0.333. The first-order valence-electron chi connectivity index (χ1n) is 4.15. The number of hydrogen-bond acceptors (Lipinski definition) is 3. The van der Waals surface area contributed by atoms with E-state index in [4.69, 9.17) is 0 Å². The highest BCUT2D eigenvalue weighted by Crippen LogP contribution is 2.28. The van der Waals surface area contributed by atoms with E-state index in [2.05, 4.69) is 9.72 Å². The zero-order valence-electron chi connectivity index (χ0n) is 8.14. The van der Waals surface area contributed by atoms with E-state index in [1.165, 1.54) is 22.6 Å². The van der Waals surface area contributed by atoms with E-state index in [1.54, 1.807) is 0 Å². The highest BCUT2D eigenvalue weighted by atomic mass is 127. The summed E-state index contributed by atoms with van der Waals surface area (Å²) in [6.07, 6.45) is -2.35. The molecule has 0 N–H and O–H groups in total. The number of aromatic nitrogens is 1. The monoisotopic (exact) mass is 345 g/mol. The predicted molar refractivity (Wildman–Crippen MR) is 57.6 cm³/mol. The van der Waals surface area contributed by atoms with E-state index in [0.29, 0.717) is 0 Å². The molecule has 0 amide bonds. The first kappa shape index (κ1) is 13.2. The number of rotatable bonds is 3. The second-order valence-electron chi connectivity index (χ2n) is 2.86. The average Bonchev–Trinajstić information content (AvgIpc) is 2.23. The van der Waals surface area contributed by atoms with Gasteiger partial charge in [0.1, 0.15) is 3.70 Å². The van der Waals surface area contributed by atoms with E-state index in [9.17, 15) is 18.0 Å². The molecule has 7 heteroatoms. The standard InChI is InChI=1S/C9H7F3INO2/c1-16-5(15)2-4-3-14-9(13)7(10)6(4)8(11)12/h3,8H,2H2,1H3. The number of nitrogens with zero attached hydrogens (tertiary/aromatic N) is 1. The van der Waals surface area contributed by atoms with Crippen LogP contribution < -0.4 is 0 Å². The van der Waals surface area contributed by atoms with Gasteiger partial charge in [-0.1, -0.05) is 0 Å². The second kappa shape index (κ2) is 5.46. The summed E-state index contributed by atoms with van der Waals surface area (Å²) in [5, 5.41) is 0. The number of carbonyl (C=O) groups is 1. The summed E-state index contributed by atoms with van der Waals surface area (Å²) in [7, 11) is 1.13. The highest BCUT2D eigenvalue weighted by molar-refractivity contribution is 14.1. The number of methoxy groups -OCH3 is 1. The average molecular weight is 345 g/mol. The Balaban J connectivity index is 3.18. The zero-order valence-corrected chi connectivity index (χ0v) is 10.3. The van der Waals surface area contributed by atoms with Crippen LogP contribution in [0, 0.1) is 9.52 Å². The van der Waals surface area contributed by atoms with Crippen LogP contribution in [-0.4, -0.2) is 18.1 Å². The molecule has 88 valence electrons. The summed E-state index contributed by atoms with van der Waals surface area (Å²) in [6, 6.07) is 0. The molecule has 1 heterocycles. The van der Waals surface area contributed by atoms with Crippen molar-refractivity contribution in [1.82, 2.24) is 4.98 Å². The van der Waals surface area contributed by atoms with Gasteiger partial charge in [0.05, 0.1) is 19.1 Å². The van der Waals surface area contributed by atoms with Crippen LogP contribution in [0.25, 0.3) is 0 Å². The van der Waals surface area contributed by atoms with E-state index < -0.39 is 30.2 Å². The highest BCUT2D eigenvalue weighted by Gasteiger charge is 2.22. The van der Waals surface area contributed by atoms with Crippen molar-refractivity contribution < 1.29 is 22.7 Å². The third-order valence-corrected chi connectivity index (χ3v) is 2.63. The molecule has 0 aliphatic rings. The minimum absolute atomic E-state index is 0.151. The van der Waals surface area contributed by atoms with Crippen molar-refractivity contribution in [1.29, 1.82) is 0 Å². The number of hydrogen-bond donors (Lipinski definition) is 0. The fourth-order valence-corrected chi connectivity index (χ4v) is 1.55. The molecule has 0 aliphatic heterocycles. The number of alkyl halides is 2. The lowest BCUT2D eigenvalue weighted by Crippen LogP contribution is -2.10. The van der Waals surface area contributed by atoms with Crippen molar-refractivity contribution in [2.45, 2.75) is 12.8 Å². The Bertz CT molecular complexity index is 412. The summed E-state index contributed by atoms with van der Waals surface area (Å²) in [4.78, 5) is 14.5. The predicted octanol–water partition coefficient (Wildman–Crippen LogP) is 2.48. The Hall–Kier alpha value is -0.860. The minimum Gasteiger partial charge on any atom is -0.469 e. The summed E-state index contributed by atoms with van der Waals surface area (Å²) < 4.78 is 42.7. The van der Waals surface area contributed by atoms with Gasteiger partial charge < -0.3 is 4.74 Å². The lowest BCUT2D eigenvalue weighted by Gasteiger charge is -2.09. The Labute approximate surface area is 103 Å². The Kier molecular flexibility index (Phi) is 4.51. The van der Waals surface area contributed by atoms with Crippen molar-refractivity contribution in [3.63, 3.8) is 0 Å². The van der Waals surface area contributed by atoms with Crippen LogP contribution in [0.15, 0.2) is 6.20 Å². The molecule has 0 radical (unpaired) electrons. The van der Waals surface area contributed by atoms with Crippen molar-refractivity contribution in [3.8, 4) is 0 Å². The molecule has 16 heavy (non-hydrogen) atoms. The van der Waals surface area contributed by atoms with E-state index in [-0.39, 0.29) is 9.26 Å². The van der Waals surface area contributed by atoms with Gasteiger partial charge in [-0.15, -0.1) is 0 Å². The molecule has 0 aliphatic carbocycles. The van der Waals surface area contributed by atoms with Crippen LogP contribution in [0.4, 0.5) is 13.2 Å². The van der Waals surface area contributed by atoms with Gasteiger partial charge in [-0.3, -0.25) is 4.79 Å². The summed E-state index contributed by atoms with van der Waals surface area (Å²) in [5.74, 6) is -1.80. The van der Waals surface area contributed by atoms with E-state index in [1.807, 2.05) is 0 Å². The van der Waals surface area contributed by atoms with Crippen LogP contribution >= 0.6 is 22.6 Å². The second-order valence-corrected chi connectivity index (χ2v) is 3.88. The Morgan fingerprint density at radius 1 is 1.62 bits per heavy atom. The maximum Gasteiger partial charge on any atom is 0.310 e. The van der Waals surface area contributed by atoms with Crippen LogP contribution in [0.5, 0.6) is 0 Å². The van der Waals surface area contributed by atoms with Gasteiger partial charge in [0.25, 0.3) is 6.43 Å². The minimum atomic E-state index is -2.99. The third-order valence-electron chi connectivity index (χ3n) is 1.88. The molecule has 0 saturated heterocycles. The topological polar surface area (TPSA) is 39.2 Å². The smallest absolute Gasteiger partial charge is 0.310 e. The molecule has 0 saturated carbocycles. The van der Waals surface area contributed by atoms with Crippen LogP contribution in [0.3, 0.4) is 0 Å². The first-order valence-corrected chi connectivity index (χ1v) is 5.23. The van der Waals surface area contributed by atoms with Crippen molar-refractivity contribution in [3.05, 3.63) is 26.8 Å². The SMILES string of the molecule is COC(=O)Cc1cnc(I)c(F)c1C(F)F. The molecule has 1 aromatic rings.